The summed E-state index contributed by atoms with van der Waals surface area (Å²) < 4.78 is 11.8. The van der Waals surface area contributed by atoms with Gasteiger partial charge in [0.25, 0.3) is 0 Å². The molecule has 2 fully saturated rings. The highest BCUT2D eigenvalue weighted by Crippen LogP contribution is 2.41. The zero-order valence-electron chi connectivity index (χ0n) is 15.3. The SMILES string of the molecule is CCOCc1nc2c(c(N[C@@H]3COC4(CCCC4)C3)n1)CCNCC2. The van der Waals surface area contributed by atoms with Crippen molar-refractivity contribution in [1.29, 1.82) is 0 Å². The van der Waals surface area contributed by atoms with Crippen LogP contribution in [0.5, 0.6) is 0 Å². The van der Waals surface area contributed by atoms with E-state index in [1.165, 1.54) is 36.9 Å². The molecule has 2 N–H and O–H groups in total. The summed E-state index contributed by atoms with van der Waals surface area (Å²) in [5, 5.41) is 7.17. The van der Waals surface area contributed by atoms with Crippen LogP contribution in [0.4, 0.5) is 5.82 Å². The smallest absolute Gasteiger partial charge is 0.156 e. The summed E-state index contributed by atoms with van der Waals surface area (Å²) in [7, 11) is 0. The minimum atomic E-state index is 0.136. The van der Waals surface area contributed by atoms with Gasteiger partial charge in [-0.3, -0.25) is 0 Å². The maximum absolute atomic E-state index is 6.21. The number of rotatable bonds is 5. The minimum Gasteiger partial charge on any atom is -0.374 e. The maximum atomic E-state index is 6.21. The highest BCUT2D eigenvalue weighted by molar-refractivity contribution is 5.48. The maximum Gasteiger partial charge on any atom is 0.156 e. The zero-order chi connectivity index (χ0) is 17.1. The molecule has 4 rings (SSSR count). The molecular formula is C19H30N4O2. The molecule has 6 heteroatoms. The summed E-state index contributed by atoms with van der Waals surface area (Å²) >= 11 is 0. The Morgan fingerprint density at radius 3 is 2.92 bits per heavy atom. The van der Waals surface area contributed by atoms with Crippen LogP contribution in [-0.4, -0.2) is 47.9 Å². The fourth-order valence-corrected chi connectivity index (χ4v) is 4.47. The van der Waals surface area contributed by atoms with Crippen molar-refractivity contribution < 1.29 is 9.47 Å². The van der Waals surface area contributed by atoms with E-state index < -0.39 is 0 Å². The molecule has 138 valence electrons. The van der Waals surface area contributed by atoms with Gasteiger partial charge in [-0.25, -0.2) is 9.97 Å². The zero-order valence-corrected chi connectivity index (χ0v) is 15.3. The third-order valence-electron chi connectivity index (χ3n) is 5.73. The van der Waals surface area contributed by atoms with Gasteiger partial charge in [0.1, 0.15) is 12.4 Å². The first-order valence-electron chi connectivity index (χ1n) is 9.86. The first kappa shape index (κ1) is 17.2. The molecule has 1 aliphatic carbocycles. The molecule has 0 amide bonds. The number of aromatic nitrogens is 2. The van der Waals surface area contributed by atoms with Gasteiger partial charge in [-0.05, 0) is 39.2 Å². The van der Waals surface area contributed by atoms with Crippen LogP contribution < -0.4 is 10.6 Å². The fourth-order valence-electron chi connectivity index (χ4n) is 4.47. The Hall–Kier alpha value is -1.24. The van der Waals surface area contributed by atoms with E-state index >= 15 is 0 Å². The Morgan fingerprint density at radius 2 is 2.08 bits per heavy atom. The number of nitrogens with zero attached hydrogens (tertiary/aromatic N) is 2. The normalized spacial score (nSPS) is 25.1. The van der Waals surface area contributed by atoms with Crippen LogP contribution in [0.2, 0.25) is 0 Å². The monoisotopic (exact) mass is 346 g/mol. The lowest BCUT2D eigenvalue weighted by Gasteiger charge is -2.22. The highest BCUT2D eigenvalue weighted by atomic mass is 16.5. The van der Waals surface area contributed by atoms with Gasteiger partial charge in [-0.1, -0.05) is 12.8 Å². The molecule has 1 spiro atoms. The third-order valence-corrected chi connectivity index (χ3v) is 5.73. The van der Waals surface area contributed by atoms with Crippen molar-refractivity contribution in [3.63, 3.8) is 0 Å². The summed E-state index contributed by atoms with van der Waals surface area (Å²) in [5.41, 5.74) is 2.58. The van der Waals surface area contributed by atoms with Crippen molar-refractivity contribution in [3.8, 4) is 0 Å². The van der Waals surface area contributed by atoms with Crippen LogP contribution in [0.25, 0.3) is 0 Å². The van der Waals surface area contributed by atoms with Gasteiger partial charge in [0, 0.05) is 25.1 Å². The molecule has 0 unspecified atom stereocenters. The predicted octanol–water partition coefficient (Wildman–Crippen LogP) is 2.21. The Morgan fingerprint density at radius 1 is 1.24 bits per heavy atom. The van der Waals surface area contributed by atoms with Gasteiger partial charge in [-0.15, -0.1) is 0 Å². The number of hydrogen-bond acceptors (Lipinski definition) is 6. The molecule has 25 heavy (non-hydrogen) atoms. The minimum absolute atomic E-state index is 0.136. The molecule has 1 saturated carbocycles. The second-order valence-corrected chi connectivity index (χ2v) is 7.55. The molecular weight excluding hydrogens is 316 g/mol. The van der Waals surface area contributed by atoms with Gasteiger partial charge in [0.2, 0.25) is 0 Å². The first-order valence-corrected chi connectivity index (χ1v) is 9.86. The average Bonchev–Trinajstić information content (AvgIpc) is 3.16. The van der Waals surface area contributed by atoms with E-state index in [1.54, 1.807) is 0 Å². The van der Waals surface area contributed by atoms with E-state index in [-0.39, 0.29) is 5.60 Å². The summed E-state index contributed by atoms with van der Waals surface area (Å²) in [6, 6.07) is 0.355. The lowest BCUT2D eigenvalue weighted by Crippen LogP contribution is -2.26. The van der Waals surface area contributed by atoms with E-state index in [0.717, 1.165) is 50.6 Å². The van der Waals surface area contributed by atoms with Crippen molar-refractivity contribution in [2.24, 2.45) is 0 Å². The molecule has 6 nitrogen and oxygen atoms in total. The Kier molecular flexibility index (Phi) is 5.20. The Labute approximate surface area is 150 Å². The topological polar surface area (TPSA) is 68.3 Å². The number of anilines is 1. The molecule has 3 aliphatic rings. The molecule has 0 radical (unpaired) electrons. The van der Waals surface area contributed by atoms with E-state index in [9.17, 15) is 0 Å². The summed E-state index contributed by atoms with van der Waals surface area (Å²) in [5.74, 6) is 1.80. The molecule has 0 aromatic carbocycles. The van der Waals surface area contributed by atoms with Crippen LogP contribution >= 0.6 is 0 Å². The van der Waals surface area contributed by atoms with E-state index in [4.69, 9.17) is 19.4 Å². The standard InChI is InChI=1S/C19H30N4O2/c1-2-24-13-17-22-16-6-10-20-9-5-15(16)18(23-17)21-14-11-19(25-12-14)7-3-4-8-19/h14,20H,2-13H2,1H3,(H,21,22,23)/t14-/m0/s1. The lowest BCUT2D eigenvalue weighted by molar-refractivity contribution is 0.0103. The quantitative estimate of drug-likeness (QED) is 0.852. The summed E-state index contributed by atoms with van der Waals surface area (Å²) in [6.45, 7) is 5.93. The van der Waals surface area contributed by atoms with Crippen molar-refractivity contribution in [2.75, 3.05) is 31.6 Å². The lowest BCUT2D eigenvalue weighted by atomic mass is 9.96. The van der Waals surface area contributed by atoms with Gasteiger partial charge in [0.15, 0.2) is 5.82 Å². The molecule has 1 saturated heterocycles. The molecule has 1 aromatic rings. The summed E-state index contributed by atoms with van der Waals surface area (Å²) in [4.78, 5) is 9.58. The van der Waals surface area contributed by atoms with Gasteiger partial charge in [0.05, 0.1) is 23.9 Å². The largest absolute Gasteiger partial charge is 0.374 e. The number of ether oxygens (including phenoxy) is 2. The second kappa shape index (κ2) is 7.56. The first-order chi connectivity index (χ1) is 12.3. The van der Waals surface area contributed by atoms with Crippen LogP contribution in [0, 0.1) is 0 Å². The van der Waals surface area contributed by atoms with E-state index in [1.807, 2.05) is 6.92 Å². The Balaban J connectivity index is 1.54. The van der Waals surface area contributed by atoms with Gasteiger partial charge < -0.3 is 20.1 Å². The van der Waals surface area contributed by atoms with Crippen molar-refractivity contribution in [1.82, 2.24) is 15.3 Å². The molecule has 1 aromatic heterocycles. The highest BCUT2D eigenvalue weighted by Gasteiger charge is 2.42. The van der Waals surface area contributed by atoms with Crippen molar-refractivity contribution >= 4 is 5.82 Å². The van der Waals surface area contributed by atoms with Crippen molar-refractivity contribution in [2.45, 2.75) is 70.1 Å². The van der Waals surface area contributed by atoms with Gasteiger partial charge in [-0.2, -0.15) is 0 Å². The van der Waals surface area contributed by atoms with Crippen molar-refractivity contribution in [3.05, 3.63) is 17.1 Å². The predicted molar refractivity (Wildman–Crippen MR) is 96.8 cm³/mol. The van der Waals surface area contributed by atoms with Gasteiger partial charge >= 0.3 is 0 Å². The third kappa shape index (κ3) is 3.81. The average molecular weight is 346 g/mol. The molecule has 3 heterocycles. The second-order valence-electron chi connectivity index (χ2n) is 7.55. The number of nitrogens with one attached hydrogen (secondary N) is 2. The number of hydrogen-bond donors (Lipinski definition) is 2. The number of fused-ring (bicyclic) bond motifs is 1. The molecule has 1 atom stereocenters. The van der Waals surface area contributed by atoms with E-state index in [2.05, 4.69) is 10.6 Å². The van der Waals surface area contributed by atoms with E-state index in [0.29, 0.717) is 19.3 Å². The molecule has 0 bridgehead atoms. The van der Waals surface area contributed by atoms with Crippen LogP contribution in [0.3, 0.4) is 0 Å². The van der Waals surface area contributed by atoms with Crippen LogP contribution in [0.1, 0.15) is 56.1 Å². The Bertz CT molecular complexity index is 601. The molecule has 2 aliphatic heterocycles. The summed E-state index contributed by atoms with van der Waals surface area (Å²) in [6.07, 6.45) is 8.08. The fraction of sp³-hybridized carbons (Fsp3) is 0.789. The van der Waals surface area contributed by atoms with Crippen LogP contribution in [-0.2, 0) is 28.9 Å². The van der Waals surface area contributed by atoms with Crippen LogP contribution in [0.15, 0.2) is 0 Å².